The number of nitrogens with two attached hydrogens (primary N) is 2. The van der Waals surface area contributed by atoms with Crippen molar-refractivity contribution in [2.45, 2.75) is 83.8 Å². The van der Waals surface area contributed by atoms with Gasteiger partial charge in [-0.1, -0.05) is 15.9 Å². The third-order valence-electron chi connectivity index (χ3n) is 8.98. The van der Waals surface area contributed by atoms with Crippen LogP contribution in [0.2, 0.25) is 0 Å². The van der Waals surface area contributed by atoms with Gasteiger partial charge in [0.25, 0.3) is 22.7 Å². The first-order valence-electron chi connectivity index (χ1n) is 22.5. The van der Waals surface area contributed by atoms with Crippen LogP contribution in [-0.2, 0) is 40.5 Å². The van der Waals surface area contributed by atoms with Gasteiger partial charge in [-0.05, 0) is 127 Å². The number of nitrogens with one attached hydrogen (secondary N) is 2. The largest absolute Gasteiger partial charge is 1.00 e. The number of hydrogen-bond acceptors (Lipinski definition) is 16. The average molecular weight is 1200 g/mol. The van der Waals surface area contributed by atoms with Gasteiger partial charge in [0, 0.05) is 92.2 Å². The molecule has 0 aliphatic rings. The van der Waals surface area contributed by atoms with Crippen LogP contribution in [-0.4, -0.2) is 71.1 Å². The van der Waals surface area contributed by atoms with Gasteiger partial charge in [-0.3, -0.25) is 40.5 Å². The summed E-state index contributed by atoms with van der Waals surface area (Å²) in [6.45, 7) is 16.0. The van der Waals surface area contributed by atoms with E-state index in [1.165, 1.54) is 24.3 Å². The predicted molar refractivity (Wildman–Crippen MR) is 284 cm³/mol. The molecule has 80 heavy (non-hydrogen) atoms. The number of carbonyl (C=O) groups excluding carboxylic acids is 2. The summed E-state index contributed by atoms with van der Waals surface area (Å²) in [6.07, 6.45) is -0.445. The van der Waals surface area contributed by atoms with Crippen LogP contribution >= 0.6 is 15.9 Å². The summed E-state index contributed by atoms with van der Waals surface area (Å²) < 4.78 is 75.5. The van der Waals surface area contributed by atoms with Gasteiger partial charge in [0.2, 0.25) is 0 Å². The van der Waals surface area contributed by atoms with Crippen LogP contribution in [0.25, 0.3) is 0 Å². The Morgan fingerprint density at radius 2 is 0.863 bits per heavy atom. The van der Waals surface area contributed by atoms with E-state index in [0.29, 0.717) is 36.2 Å². The summed E-state index contributed by atoms with van der Waals surface area (Å²) in [5, 5.41) is 61.3. The molecule has 2 amide bonds. The zero-order valence-electron chi connectivity index (χ0n) is 44.4. The van der Waals surface area contributed by atoms with Gasteiger partial charge in [-0.2, -0.15) is 5.26 Å². The predicted octanol–water partition coefficient (Wildman–Crippen LogP) is 7.66. The monoisotopic (exact) mass is 1200 g/mol. The van der Waals surface area contributed by atoms with Crippen molar-refractivity contribution in [2.24, 2.45) is 5.73 Å². The first-order valence-corrected chi connectivity index (χ1v) is 23.6. The number of benzene rings is 5. The van der Waals surface area contributed by atoms with Gasteiger partial charge in [0.05, 0.1) is 32.2 Å². The molecule has 5 aromatic rings. The zero-order valence-corrected chi connectivity index (χ0v) is 48.0. The van der Waals surface area contributed by atoms with Crippen LogP contribution < -0.4 is 51.7 Å². The number of carbonyl (C=O) groups is 2. The van der Waals surface area contributed by atoms with Crippen molar-refractivity contribution >= 4 is 65.0 Å². The third kappa shape index (κ3) is 31.5. The fourth-order valence-electron chi connectivity index (χ4n) is 5.57. The molecule has 6 N–H and O–H groups in total. The second-order valence-electron chi connectivity index (χ2n) is 17.3. The normalized spacial score (nSPS) is 9.88. The maximum atomic E-state index is 13.5. The van der Waals surface area contributed by atoms with E-state index in [2.05, 4.69) is 26.6 Å². The molecule has 0 bridgehead atoms. The molecule has 0 unspecified atom stereocenters. The fraction of sp³-hybridized carbons (Fsp3) is 0.320. The number of nitro groups is 4. The van der Waals surface area contributed by atoms with Crippen molar-refractivity contribution in [3.8, 4) is 6.07 Å². The average Bonchev–Trinajstić information content (AvgIpc) is 3.35. The Bertz CT molecular complexity index is 2920. The first-order chi connectivity index (χ1) is 36.4. The number of alkyl halides is 1. The van der Waals surface area contributed by atoms with E-state index in [4.69, 9.17) is 38.0 Å². The molecule has 30 heteroatoms. The molecular formula is C50H55BBrF5N10NaO12. The number of anilines is 1. The molecule has 0 aliphatic heterocycles. The minimum atomic E-state index is -0.625. The van der Waals surface area contributed by atoms with Gasteiger partial charge >= 0.3 is 41.7 Å². The zero-order chi connectivity index (χ0) is 59.9. The number of amides is 2. The second-order valence-corrected chi connectivity index (χ2v) is 17.9. The minimum absolute atomic E-state index is 0. The Hall–Kier alpha value is -7.83. The fourth-order valence-corrected chi connectivity index (χ4v) is 6.00. The number of nitriles is 1. The van der Waals surface area contributed by atoms with E-state index >= 15 is 0 Å². The number of alkyl carbamates (subject to hydrolysis) is 2. The number of nitro benzene ring substituents is 4. The number of ether oxygens (including phenoxy) is 2. The van der Waals surface area contributed by atoms with Crippen molar-refractivity contribution in [1.82, 2.24) is 10.6 Å². The van der Waals surface area contributed by atoms with Crippen LogP contribution in [0.5, 0.6) is 0 Å². The standard InChI is InChI=1S/C13H17FN2O4.C13H19FN2O2.C8H9FN2O2.C8H5FN2O2.C7H5BrFNO2.CN.B.Na/c1-13(2,3)20-12(17)15-7-6-9-8-10(16(18)19)4-5-11(9)14;1-13(2,3)18-12(17)16-7-6-9-8-10(15)4-5-11(9)14;2*9-8-2-1-7(11(12)13)5-6(8)3-4-10;8-4-5-3-6(10(11)12)1-2-7(5)9;1-2;;/h4-5,8H,6-7H2,1-3H3,(H,15,17);4-5,8H,6-7,15H2,1-3H3,(H,16,17);1-2,5H,3-4,10H2;1-2,5H,3H2;1-3H,4H2;;;/q;;;;;-1;;+1. The van der Waals surface area contributed by atoms with Crippen LogP contribution in [0.15, 0.2) is 91.0 Å². The summed E-state index contributed by atoms with van der Waals surface area (Å²) in [5.74, 6) is -2.34. The van der Waals surface area contributed by atoms with Crippen LogP contribution in [0, 0.1) is 92.7 Å². The molecule has 0 aliphatic carbocycles. The number of rotatable bonds is 14. The van der Waals surface area contributed by atoms with Gasteiger partial charge < -0.3 is 43.4 Å². The Kier molecular flexibility index (Phi) is 37.0. The van der Waals surface area contributed by atoms with E-state index in [9.17, 15) is 72.0 Å². The summed E-state index contributed by atoms with van der Waals surface area (Å²) in [6, 6.07) is 19.4. The van der Waals surface area contributed by atoms with Crippen molar-refractivity contribution in [3.63, 3.8) is 0 Å². The van der Waals surface area contributed by atoms with Crippen molar-refractivity contribution in [2.75, 3.05) is 25.4 Å². The van der Waals surface area contributed by atoms with Crippen LogP contribution in [0.3, 0.4) is 0 Å². The van der Waals surface area contributed by atoms with E-state index in [1.807, 2.05) is 0 Å². The molecule has 0 spiro atoms. The number of halogens is 6. The summed E-state index contributed by atoms with van der Waals surface area (Å²) in [4.78, 5) is 61.8. The molecule has 0 saturated heterocycles. The number of non-ortho nitro benzene ring substituents is 4. The smallest absolute Gasteiger partial charge is 0.512 e. The Morgan fingerprint density at radius 1 is 0.575 bits per heavy atom. The number of hydrogen-bond donors (Lipinski definition) is 4. The van der Waals surface area contributed by atoms with Crippen LogP contribution in [0.4, 0.5) is 60.0 Å². The maximum absolute atomic E-state index is 13.5. The molecule has 5 aromatic carbocycles. The molecule has 0 atom stereocenters. The Morgan fingerprint density at radius 3 is 1.18 bits per heavy atom. The van der Waals surface area contributed by atoms with Gasteiger partial charge in [-0.25, -0.2) is 31.5 Å². The first kappa shape index (κ1) is 76.4. The van der Waals surface area contributed by atoms with Gasteiger partial charge in [0.15, 0.2) is 0 Å². The third-order valence-corrected chi connectivity index (χ3v) is 9.59. The van der Waals surface area contributed by atoms with Crippen LogP contribution in [0.1, 0.15) is 69.4 Å². The Labute approximate surface area is 489 Å². The molecule has 3 radical (unpaired) electrons. The topological polar surface area (TPSA) is 349 Å². The van der Waals surface area contributed by atoms with E-state index < -0.39 is 66.4 Å². The summed E-state index contributed by atoms with van der Waals surface area (Å²) in [5.41, 5.74) is 10.8. The molecular weight excluding hydrogens is 1140 g/mol. The van der Waals surface area contributed by atoms with Crippen molar-refractivity contribution in [3.05, 3.63) is 195 Å². The summed E-state index contributed by atoms with van der Waals surface area (Å²) >= 11 is 3.03. The van der Waals surface area contributed by atoms with E-state index in [1.54, 1.807) is 53.7 Å². The maximum Gasteiger partial charge on any atom is 1.00 e. The van der Waals surface area contributed by atoms with E-state index in [0.717, 1.165) is 60.7 Å². The quantitative estimate of drug-likeness (QED) is 0.0158. The second kappa shape index (κ2) is 38.7. The molecule has 5 rings (SSSR count). The molecule has 22 nitrogen and oxygen atoms in total. The van der Waals surface area contributed by atoms with Gasteiger partial charge in [0.1, 0.15) is 40.3 Å². The summed E-state index contributed by atoms with van der Waals surface area (Å²) in [7, 11) is 0. The van der Waals surface area contributed by atoms with Crippen molar-refractivity contribution < 1.29 is 90.3 Å². The SMILES string of the molecule is CC(C)(C)OC(=O)NCCc1cc(N)ccc1F.CC(C)(C)OC(=O)NCCc1cc([N+](=O)[O-])ccc1F.N#CCc1cc([N+](=O)[O-])ccc1F.NCCc1cc([N+](=O)[O-])ccc1F.O=[N+]([O-])c1ccc(F)c(CBr)c1.[B].[C-]#N.[Na+]. The number of nitrogens with zero attached hydrogens (tertiary/aromatic N) is 6. The Balaban J connectivity index is -0.000000925. The van der Waals surface area contributed by atoms with Gasteiger partial charge in [-0.15, -0.1) is 0 Å². The molecule has 0 fully saturated rings. The van der Waals surface area contributed by atoms with E-state index in [-0.39, 0.29) is 114 Å². The number of nitrogen functional groups attached to an aromatic ring is 1. The molecule has 0 heterocycles. The molecule has 423 valence electrons. The molecule has 0 saturated carbocycles. The minimum Gasteiger partial charge on any atom is -0.512 e. The molecule has 0 aromatic heterocycles. The van der Waals surface area contributed by atoms with Crippen molar-refractivity contribution in [1.29, 1.82) is 10.5 Å².